The first-order valence-corrected chi connectivity index (χ1v) is 19.5. The molecule has 3 aromatic heterocycles. The monoisotopic (exact) mass is 733 g/mol. The molecule has 11 aromatic rings. The molecule has 0 spiro atoms. The van der Waals surface area contributed by atoms with Gasteiger partial charge in [0.05, 0.1) is 0 Å². The zero-order valence-corrected chi connectivity index (χ0v) is 30.9. The molecule has 5 heteroatoms. The van der Waals surface area contributed by atoms with Crippen molar-refractivity contribution in [3.8, 4) is 67.5 Å². The summed E-state index contributed by atoms with van der Waals surface area (Å²) < 4.78 is 9.25. The van der Waals surface area contributed by atoms with Gasteiger partial charge in [-0.25, -0.2) is 15.0 Å². The van der Waals surface area contributed by atoms with E-state index in [0.717, 1.165) is 60.9 Å². The van der Waals surface area contributed by atoms with Crippen molar-refractivity contribution in [3.05, 3.63) is 188 Å². The third-order valence-corrected chi connectivity index (χ3v) is 11.7. The van der Waals surface area contributed by atoms with Gasteiger partial charge in [-0.3, -0.25) is 0 Å². The normalized spacial score (nSPS) is 11.6. The maximum atomic E-state index is 6.65. The third-order valence-electron chi connectivity index (χ3n) is 10.5. The molecule has 0 N–H and O–H groups in total. The van der Waals surface area contributed by atoms with Gasteiger partial charge in [0.25, 0.3) is 0 Å². The summed E-state index contributed by atoms with van der Waals surface area (Å²) in [6, 6.07) is 65.7. The Labute approximate surface area is 327 Å². The van der Waals surface area contributed by atoms with E-state index in [0.29, 0.717) is 17.5 Å². The molecule has 4 nitrogen and oxygen atoms in total. The van der Waals surface area contributed by atoms with Crippen LogP contribution in [0.2, 0.25) is 0 Å². The molecule has 0 atom stereocenters. The lowest BCUT2D eigenvalue weighted by atomic mass is 9.94. The Hall–Kier alpha value is -7.21. The van der Waals surface area contributed by atoms with Gasteiger partial charge in [0.15, 0.2) is 17.5 Å². The highest BCUT2D eigenvalue weighted by Crippen LogP contribution is 2.44. The number of hydrogen-bond acceptors (Lipinski definition) is 5. The topological polar surface area (TPSA) is 51.8 Å². The van der Waals surface area contributed by atoms with E-state index in [2.05, 4.69) is 127 Å². The second-order valence-electron chi connectivity index (χ2n) is 14.0. The molecule has 0 saturated heterocycles. The van der Waals surface area contributed by atoms with Crippen LogP contribution in [0, 0.1) is 0 Å². The number of thiophene rings is 1. The Kier molecular flexibility index (Phi) is 7.64. The van der Waals surface area contributed by atoms with Crippen LogP contribution in [-0.2, 0) is 0 Å². The van der Waals surface area contributed by atoms with Gasteiger partial charge < -0.3 is 4.42 Å². The Balaban J connectivity index is 1.03. The van der Waals surface area contributed by atoms with Crippen LogP contribution in [0.4, 0.5) is 0 Å². The quantitative estimate of drug-likeness (QED) is 0.171. The van der Waals surface area contributed by atoms with Crippen LogP contribution in [0.1, 0.15) is 0 Å². The predicted molar refractivity (Wildman–Crippen MR) is 233 cm³/mol. The maximum Gasteiger partial charge on any atom is 0.164 e. The second kappa shape index (κ2) is 13.3. The zero-order valence-electron chi connectivity index (χ0n) is 30.1. The summed E-state index contributed by atoms with van der Waals surface area (Å²) in [6.07, 6.45) is 0. The molecule has 0 aliphatic carbocycles. The number of fused-ring (bicyclic) bond motifs is 6. The SMILES string of the molecule is c1ccc(-c2nc(-c3ccccc3)nc(-c3cccc(-c4cccc5oc6cc(-c7cc(-c8ccccc8)c8sc9ccccc9c8c7)ccc6c45)c3)n2)cc1. The number of hydrogen-bond donors (Lipinski definition) is 0. The number of aromatic nitrogens is 3. The minimum atomic E-state index is 0.624. The third kappa shape index (κ3) is 5.56. The summed E-state index contributed by atoms with van der Waals surface area (Å²) in [7, 11) is 0. The van der Waals surface area contributed by atoms with Crippen LogP contribution in [0.5, 0.6) is 0 Å². The number of furan rings is 1. The largest absolute Gasteiger partial charge is 0.456 e. The van der Waals surface area contributed by atoms with E-state index in [1.54, 1.807) is 0 Å². The molecule has 0 unspecified atom stereocenters. The smallest absolute Gasteiger partial charge is 0.164 e. The van der Waals surface area contributed by atoms with Gasteiger partial charge in [-0.2, -0.15) is 0 Å². The molecule has 11 rings (SSSR count). The van der Waals surface area contributed by atoms with E-state index in [1.165, 1.54) is 31.3 Å². The number of rotatable bonds is 6. The molecule has 0 bridgehead atoms. The summed E-state index contributed by atoms with van der Waals surface area (Å²) in [6.45, 7) is 0. The molecular formula is C51H31N3OS. The highest BCUT2D eigenvalue weighted by molar-refractivity contribution is 7.26. The lowest BCUT2D eigenvalue weighted by molar-refractivity contribution is 0.669. The lowest BCUT2D eigenvalue weighted by Gasteiger charge is -2.10. The summed E-state index contributed by atoms with van der Waals surface area (Å²) in [4.78, 5) is 14.9. The Morgan fingerprint density at radius 1 is 0.339 bits per heavy atom. The van der Waals surface area contributed by atoms with Crippen molar-refractivity contribution in [1.29, 1.82) is 0 Å². The first kappa shape index (κ1) is 32.2. The molecule has 3 heterocycles. The van der Waals surface area contributed by atoms with Gasteiger partial charge in [0, 0.05) is 53.2 Å². The summed E-state index contributed by atoms with van der Waals surface area (Å²) in [5, 5.41) is 4.72. The molecule has 56 heavy (non-hydrogen) atoms. The fourth-order valence-corrected chi connectivity index (χ4v) is 9.06. The van der Waals surface area contributed by atoms with Crippen LogP contribution < -0.4 is 0 Å². The summed E-state index contributed by atoms with van der Waals surface area (Å²) >= 11 is 1.86. The van der Waals surface area contributed by atoms with Gasteiger partial charge in [-0.05, 0) is 70.3 Å². The molecule has 0 radical (unpaired) electrons. The fraction of sp³-hybridized carbons (Fsp3) is 0. The van der Waals surface area contributed by atoms with Crippen molar-refractivity contribution in [2.24, 2.45) is 0 Å². The van der Waals surface area contributed by atoms with Crippen LogP contribution >= 0.6 is 11.3 Å². The molecule has 0 saturated carbocycles. The number of benzene rings is 8. The molecule has 0 aliphatic heterocycles. The maximum absolute atomic E-state index is 6.65. The lowest BCUT2D eigenvalue weighted by Crippen LogP contribution is -2.00. The molecule has 0 amide bonds. The minimum absolute atomic E-state index is 0.624. The fourth-order valence-electron chi connectivity index (χ4n) is 7.84. The zero-order chi connectivity index (χ0) is 37.0. The second-order valence-corrected chi connectivity index (χ2v) is 15.0. The summed E-state index contributed by atoms with van der Waals surface area (Å²) in [5.74, 6) is 1.90. The van der Waals surface area contributed by atoms with Crippen LogP contribution in [0.25, 0.3) is 110 Å². The predicted octanol–water partition coefficient (Wildman–Crippen LogP) is 14.1. The van der Waals surface area contributed by atoms with E-state index in [1.807, 2.05) is 72.0 Å². The van der Waals surface area contributed by atoms with E-state index < -0.39 is 0 Å². The standard InChI is InChI=1S/C51H31N3OS/c1-4-14-32(15-5-1)42-29-38(30-43-40-22-10-11-25-46(40)56-48(42)43)35-26-27-41-45(31-35)55-44-24-13-23-39(47(41)44)36-20-12-21-37(28-36)51-53-49(33-16-6-2-7-17-33)52-50(54-51)34-18-8-3-9-19-34/h1-31H. The Morgan fingerprint density at radius 2 is 0.946 bits per heavy atom. The van der Waals surface area contributed by atoms with Crippen molar-refractivity contribution >= 4 is 53.4 Å². The van der Waals surface area contributed by atoms with Crippen LogP contribution in [0.3, 0.4) is 0 Å². The van der Waals surface area contributed by atoms with Gasteiger partial charge in [-0.1, -0.05) is 146 Å². The van der Waals surface area contributed by atoms with Crippen LogP contribution in [0.15, 0.2) is 192 Å². The molecule has 8 aromatic carbocycles. The van der Waals surface area contributed by atoms with E-state index >= 15 is 0 Å². The molecular weight excluding hydrogens is 703 g/mol. The molecule has 262 valence electrons. The average Bonchev–Trinajstić information content (AvgIpc) is 3.85. The van der Waals surface area contributed by atoms with Gasteiger partial charge in [0.1, 0.15) is 11.2 Å². The van der Waals surface area contributed by atoms with E-state index in [4.69, 9.17) is 19.4 Å². The summed E-state index contributed by atoms with van der Waals surface area (Å²) in [5.41, 5.74) is 11.4. The van der Waals surface area contributed by atoms with Crippen molar-refractivity contribution in [3.63, 3.8) is 0 Å². The van der Waals surface area contributed by atoms with Gasteiger partial charge in [0.2, 0.25) is 0 Å². The average molecular weight is 734 g/mol. The van der Waals surface area contributed by atoms with Crippen molar-refractivity contribution < 1.29 is 4.42 Å². The van der Waals surface area contributed by atoms with E-state index in [9.17, 15) is 0 Å². The Morgan fingerprint density at radius 3 is 1.68 bits per heavy atom. The number of nitrogens with zero attached hydrogens (tertiary/aromatic N) is 3. The van der Waals surface area contributed by atoms with Gasteiger partial charge >= 0.3 is 0 Å². The first-order chi connectivity index (χ1) is 27.7. The van der Waals surface area contributed by atoms with Gasteiger partial charge in [-0.15, -0.1) is 11.3 Å². The van der Waals surface area contributed by atoms with Crippen molar-refractivity contribution in [1.82, 2.24) is 15.0 Å². The highest BCUT2D eigenvalue weighted by Gasteiger charge is 2.18. The van der Waals surface area contributed by atoms with Crippen molar-refractivity contribution in [2.45, 2.75) is 0 Å². The van der Waals surface area contributed by atoms with E-state index in [-0.39, 0.29) is 0 Å². The molecule has 0 aliphatic rings. The minimum Gasteiger partial charge on any atom is -0.456 e. The van der Waals surface area contributed by atoms with Crippen LogP contribution in [-0.4, -0.2) is 15.0 Å². The Bertz CT molecular complexity index is 3180. The first-order valence-electron chi connectivity index (χ1n) is 18.7. The highest BCUT2D eigenvalue weighted by atomic mass is 32.1. The molecule has 0 fully saturated rings. The van der Waals surface area contributed by atoms with Crippen molar-refractivity contribution in [2.75, 3.05) is 0 Å².